The molecule has 0 bridgehead atoms. The molecule has 1 heterocycles. The van der Waals surface area contributed by atoms with E-state index in [2.05, 4.69) is 17.0 Å². The number of rotatable bonds is 9. The van der Waals surface area contributed by atoms with Gasteiger partial charge in [-0.25, -0.2) is 13.1 Å². The van der Waals surface area contributed by atoms with Crippen molar-refractivity contribution in [2.45, 2.75) is 57.5 Å². The van der Waals surface area contributed by atoms with Crippen LogP contribution in [0.3, 0.4) is 0 Å². The lowest BCUT2D eigenvalue weighted by Crippen LogP contribution is -2.32. The maximum atomic E-state index is 12.3. The maximum absolute atomic E-state index is 12.3. The third-order valence-electron chi connectivity index (χ3n) is 4.13. The number of nitrogens with zero attached hydrogens (tertiary/aromatic N) is 1. The summed E-state index contributed by atoms with van der Waals surface area (Å²) in [5.74, 6) is 0.527. The van der Waals surface area contributed by atoms with Gasteiger partial charge in [0.1, 0.15) is 0 Å². The Balaban J connectivity index is 2.03. The minimum Gasteiger partial charge on any atom is -0.349 e. The maximum Gasteiger partial charge on any atom is 0.242 e. The summed E-state index contributed by atoms with van der Waals surface area (Å²) in [5, 5.41) is 3.32. The van der Waals surface area contributed by atoms with Crippen LogP contribution in [0.1, 0.15) is 45.2 Å². The molecule has 0 radical (unpaired) electrons. The van der Waals surface area contributed by atoms with Crippen molar-refractivity contribution in [1.29, 1.82) is 0 Å². The van der Waals surface area contributed by atoms with Gasteiger partial charge in [0.25, 0.3) is 0 Å². The van der Waals surface area contributed by atoms with E-state index in [0.717, 1.165) is 38.0 Å². The van der Waals surface area contributed by atoms with Crippen LogP contribution in [-0.2, 0) is 23.1 Å². The van der Waals surface area contributed by atoms with Crippen LogP contribution < -0.4 is 10.0 Å². The molecule has 6 heteroatoms. The first kappa shape index (κ1) is 16.5. The van der Waals surface area contributed by atoms with Gasteiger partial charge < -0.3 is 9.88 Å². The van der Waals surface area contributed by atoms with Gasteiger partial charge >= 0.3 is 0 Å². The average molecular weight is 313 g/mol. The standard InChI is InChI=1S/C15H27N3O2S/c1-3-8-16-11-14-9-15(12-18(14)4-2)21(19,20)17-10-13-6-5-7-13/h9,12-13,16-17H,3-8,10-11H2,1-2H3. The molecule has 0 unspecified atom stereocenters. The lowest BCUT2D eigenvalue weighted by atomic mass is 9.86. The molecule has 0 atom stereocenters. The molecule has 1 aliphatic rings. The molecule has 0 saturated heterocycles. The highest BCUT2D eigenvalue weighted by Gasteiger charge is 2.22. The van der Waals surface area contributed by atoms with Crippen LogP contribution in [0.4, 0.5) is 0 Å². The van der Waals surface area contributed by atoms with Crippen LogP contribution in [0, 0.1) is 5.92 Å². The Morgan fingerprint density at radius 3 is 2.67 bits per heavy atom. The van der Waals surface area contributed by atoms with E-state index in [-0.39, 0.29) is 0 Å². The van der Waals surface area contributed by atoms with Crippen molar-refractivity contribution in [3.8, 4) is 0 Å². The van der Waals surface area contributed by atoms with Gasteiger partial charge in [-0.2, -0.15) is 0 Å². The van der Waals surface area contributed by atoms with Crippen molar-refractivity contribution in [2.24, 2.45) is 5.92 Å². The average Bonchev–Trinajstić information content (AvgIpc) is 2.81. The van der Waals surface area contributed by atoms with Gasteiger partial charge in [-0.3, -0.25) is 0 Å². The van der Waals surface area contributed by atoms with Crippen molar-refractivity contribution in [1.82, 2.24) is 14.6 Å². The number of aryl methyl sites for hydroxylation is 1. The molecular weight excluding hydrogens is 286 g/mol. The Bertz CT molecular complexity index is 547. The van der Waals surface area contributed by atoms with Crippen molar-refractivity contribution in [3.05, 3.63) is 18.0 Å². The van der Waals surface area contributed by atoms with Crippen molar-refractivity contribution < 1.29 is 8.42 Å². The van der Waals surface area contributed by atoms with Crippen LogP contribution in [0.25, 0.3) is 0 Å². The minimum absolute atomic E-state index is 0.386. The van der Waals surface area contributed by atoms with Crippen LogP contribution in [-0.4, -0.2) is 26.1 Å². The summed E-state index contributed by atoms with van der Waals surface area (Å²) < 4.78 is 29.4. The summed E-state index contributed by atoms with van der Waals surface area (Å²) in [7, 11) is -3.37. The summed E-state index contributed by atoms with van der Waals surface area (Å²) in [4.78, 5) is 0.386. The lowest BCUT2D eigenvalue weighted by Gasteiger charge is -2.25. The van der Waals surface area contributed by atoms with E-state index in [9.17, 15) is 8.42 Å². The molecule has 1 fully saturated rings. The third kappa shape index (κ3) is 4.31. The van der Waals surface area contributed by atoms with Crippen LogP contribution >= 0.6 is 0 Å². The summed E-state index contributed by atoms with van der Waals surface area (Å²) in [6.07, 6.45) is 6.33. The molecule has 0 aromatic carbocycles. The molecule has 0 aliphatic heterocycles. The van der Waals surface area contributed by atoms with Crippen molar-refractivity contribution in [3.63, 3.8) is 0 Å². The topological polar surface area (TPSA) is 63.1 Å². The highest BCUT2D eigenvalue weighted by molar-refractivity contribution is 7.89. The SMILES string of the molecule is CCCNCc1cc(S(=O)(=O)NCC2CCC2)cn1CC. The molecule has 1 saturated carbocycles. The van der Waals surface area contributed by atoms with Crippen molar-refractivity contribution in [2.75, 3.05) is 13.1 Å². The zero-order valence-corrected chi connectivity index (χ0v) is 13.9. The predicted molar refractivity (Wildman–Crippen MR) is 84.6 cm³/mol. The van der Waals surface area contributed by atoms with E-state index in [1.165, 1.54) is 6.42 Å². The molecular formula is C15H27N3O2S. The fourth-order valence-electron chi connectivity index (χ4n) is 2.52. The van der Waals surface area contributed by atoms with Gasteiger partial charge in [0.15, 0.2) is 0 Å². The summed E-state index contributed by atoms with van der Waals surface area (Å²) in [5.41, 5.74) is 1.02. The van der Waals surface area contributed by atoms with E-state index in [0.29, 0.717) is 23.9 Å². The summed E-state index contributed by atoms with van der Waals surface area (Å²) >= 11 is 0. The van der Waals surface area contributed by atoms with Gasteiger partial charge in [0.2, 0.25) is 10.0 Å². The largest absolute Gasteiger partial charge is 0.349 e. The van der Waals surface area contributed by atoms with E-state index in [1.807, 2.05) is 11.5 Å². The first-order valence-corrected chi connectivity index (χ1v) is 9.44. The highest BCUT2D eigenvalue weighted by Crippen LogP contribution is 2.26. The Labute approximate surface area is 128 Å². The highest BCUT2D eigenvalue weighted by atomic mass is 32.2. The zero-order chi connectivity index (χ0) is 15.3. The number of hydrogen-bond acceptors (Lipinski definition) is 3. The Hall–Kier alpha value is -0.850. The first-order chi connectivity index (χ1) is 10.1. The summed E-state index contributed by atoms with van der Waals surface area (Å²) in [6.45, 7) is 7.15. The quantitative estimate of drug-likeness (QED) is 0.686. The molecule has 120 valence electrons. The molecule has 5 nitrogen and oxygen atoms in total. The molecule has 2 rings (SSSR count). The zero-order valence-electron chi connectivity index (χ0n) is 13.1. The molecule has 21 heavy (non-hydrogen) atoms. The van der Waals surface area contributed by atoms with E-state index in [4.69, 9.17) is 0 Å². The van der Waals surface area contributed by atoms with E-state index >= 15 is 0 Å². The number of nitrogens with one attached hydrogen (secondary N) is 2. The normalized spacial score (nSPS) is 16.1. The third-order valence-corrected chi connectivity index (χ3v) is 5.52. The van der Waals surface area contributed by atoms with Crippen LogP contribution in [0.5, 0.6) is 0 Å². The predicted octanol–water partition coefficient (Wildman–Crippen LogP) is 2.09. The van der Waals surface area contributed by atoms with Gasteiger partial charge in [-0.1, -0.05) is 13.3 Å². The number of hydrogen-bond donors (Lipinski definition) is 2. The number of aromatic nitrogens is 1. The minimum atomic E-state index is -3.37. The van der Waals surface area contributed by atoms with Gasteiger partial charge in [-0.15, -0.1) is 0 Å². The van der Waals surface area contributed by atoms with Crippen LogP contribution in [0.2, 0.25) is 0 Å². The lowest BCUT2D eigenvalue weighted by molar-refractivity contribution is 0.316. The molecule has 0 amide bonds. The van der Waals surface area contributed by atoms with Crippen molar-refractivity contribution >= 4 is 10.0 Å². The molecule has 1 aliphatic carbocycles. The number of sulfonamides is 1. The van der Waals surface area contributed by atoms with E-state index < -0.39 is 10.0 Å². The molecule has 1 aromatic rings. The van der Waals surface area contributed by atoms with Gasteiger partial charge in [0.05, 0.1) is 4.90 Å². The molecule has 2 N–H and O–H groups in total. The molecule has 0 spiro atoms. The second-order valence-electron chi connectivity index (χ2n) is 5.78. The fraction of sp³-hybridized carbons (Fsp3) is 0.733. The Kier molecular flexibility index (Phi) is 5.84. The second kappa shape index (κ2) is 7.42. The Morgan fingerprint density at radius 2 is 2.10 bits per heavy atom. The van der Waals surface area contributed by atoms with Gasteiger partial charge in [0, 0.05) is 31.5 Å². The van der Waals surface area contributed by atoms with Gasteiger partial charge in [-0.05, 0) is 44.7 Å². The van der Waals surface area contributed by atoms with E-state index in [1.54, 1.807) is 12.3 Å². The summed E-state index contributed by atoms with van der Waals surface area (Å²) in [6, 6.07) is 1.79. The second-order valence-corrected chi connectivity index (χ2v) is 7.55. The van der Waals surface area contributed by atoms with Crippen LogP contribution in [0.15, 0.2) is 17.2 Å². The Morgan fingerprint density at radius 1 is 1.33 bits per heavy atom. The smallest absolute Gasteiger partial charge is 0.242 e. The first-order valence-electron chi connectivity index (χ1n) is 7.96. The monoisotopic (exact) mass is 313 g/mol. The fourth-order valence-corrected chi connectivity index (χ4v) is 3.69. The molecule has 1 aromatic heterocycles.